The Labute approximate surface area is 129 Å². The van der Waals surface area contributed by atoms with Gasteiger partial charge in [0, 0.05) is 16.7 Å². The van der Waals surface area contributed by atoms with Crippen LogP contribution in [0.25, 0.3) is 0 Å². The second-order valence-electron chi connectivity index (χ2n) is 5.09. The minimum atomic E-state index is -0.899. The van der Waals surface area contributed by atoms with Crippen LogP contribution in [0.15, 0.2) is 18.2 Å². The van der Waals surface area contributed by atoms with Crippen molar-refractivity contribution in [2.75, 3.05) is 18.4 Å². The number of carboxylic acids is 1. The maximum absolute atomic E-state index is 13.0. The van der Waals surface area contributed by atoms with E-state index in [1.807, 2.05) is 22.6 Å². The Morgan fingerprint density at radius 1 is 1.50 bits per heavy atom. The fourth-order valence-corrected chi connectivity index (χ4v) is 2.71. The lowest BCUT2D eigenvalue weighted by Gasteiger charge is -2.20. The number of aliphatic carboxylic acids is 1. The van der Waals surface area contributed by atoms with E-state index in [-0.39, 0.29) is 18.4 Å². The number of nitrogens with one attached hydrogen (secondary N) is 1. The lowest BCUT2D eigenvalue weighted by molar-refractivity contribution is -0.146. The Bertz CT molecular complexity index is 567. The fourth-order valence-electron chi connectivity index (χ4n) is 2.09. The van der Waals surface area contributed by atoms with Crippen molar-refractivity contribution in [1.29, 1.82) is 0 Å². The van der Waals surface area contributed by atoms with Crippen LogP contribution in [-0.4, -0.2) is 35.1 Å². The molecule has 0 bridgehead atoms. The van der Waals surface area contributed by atoms with Crippen LogP contribution >= 0.6 is 22.6 Å². The minimum Gasteiger partial charge on any atom is -0.481 e. The third kappa shape index (κ3) is 3.02. The number of amides is 2. The number of hydrogen-bond donors (Lipinski definition) is 2. The first-order chi connectivity index (χ1) is 9.32. The van der Waals surface area contributed by atoms with Crippen LogP contribution in [0.1, 0.15) is 13.3 Å². The molecular weight excluding hydrogens is 378 g/mol. The van der Waals surface area contributed by atoms with Crippen LogP contribution < -0.4 is 5.32 Å². The lowest BCUT2D eigenvalue weighted by Crippen LogP contribution is -2.37. The third-order valence-corrected chi connectivity index (χ3v) is 4.34. The van der Waals surface area contributed by atoms with Gasteiger partial charge >= 0.3 is 12.0 Å². The summed E-state index contributed by atoms with van der Waals surface area (Å²) in [4.78, 5) is 24.7. The van der Waals surface area contributed by atoms with Crippen LogP contribution in [0.3, 0.4) is 0 Å². The van der Waals surface area contributed by atoms with Gasteiger partial charge in [-0.2, -0.15) is 0 Å². The molecule has 1 saturated heterocycles. The molecule has 1 aliphatic heterocycles. The van der Waals surface area contributed by atoms with E-state index in [2.05, 4.69) is 5.32 Å². The molecule has 0 aromatic heterocycles. The van der Waals surface area contributed by atoms with Crippen molar-refractivity contribution in [3.8, 4) is 0 Å². The Morgan fingerprint density at radius 2 is 2.20 bits per heavy atom. The third-order valence-electron chi connectivity index (χ3n) is 3.45. The molecule has 0 aliphatic carbocycles. The first-order valence-electron chi connectivity index (χ1n) is 6.06. The van der Waals surface area contributed by atoms with Crippen molar-refractivity contribution in [1.82, 2.24) is 4.90 Å². The van der Waals surface area contributed by atoms with E-state index in [1.54, 1.807) is 6.92 Å². The highest BCUT2D eigenvalue weighted by Gasteiger charge is 2.42. The number of anilines is 1. The van der Waals surface area contributed by atoms with Crippen molar-refractivity contribution >= 4 is 40.3 Å². The van der Waals surface area contributed by atoms with E-state index in [9.17, 15) is 14.0 Å². The first kappa shape index (κ1) is 15.0. The molecule has 20 heavy (non-hydrogen) atoms. The van der Waals surface area contributed by atoms with Crippen LogP contribution in [0.4, 0.5) is 14.9 Å². The van der Waals surface area contributed by atoms with Gasteiger partial charge in [-0.05, 0) is 54.1 Å². The van der Waals surface area contributed by atoms with Crippen LogP contribution in [0.5, 0.6) is 0 Å². The number of likely N-dealkylation sites (tertiary alicyclic amines) is 1. The molecule has 1 aromatic carbocycles. The van der Waals surface area contributed by atoms with E-state index in [4.69, 9.17) is 5.11 Å². The summed E-state index contributed by atoms with van der Waals surface area (Å²) in [5, 5.41) is 11.8. The van der Waals surface area contributed by atoms with Crippen LogP contribution in [0.2, 0.25) is 0 Å². The Morgan fingerprint density at radius 3 is 2.75 bits per heavy atom. The van der Waals surface area contributed by atoms with Gasteiger partial charge < -0.3 is 15.3 Å². The topological polar surface area (TPSA) is 69.6 Å². The summed E-state index contributed by atoms with van der Waals surface area (Å²) in [5.41, 5.74) is -0.381. The smallest absolute Gasteiger partial charge is 0.321 e. The summed E-state index contributed by atoms with van der Waals surface area (Å²) >= 11 is 1.93. The molecule has 0 saturated carbocycles. The molecular formula is C13H14FIN2O3. The van der Waals surface area contributed by atoms with Gasteiger partial charge in [-0.25, -0.2) is 9.18 Å². The number of hydrogen-bond acceptors (Lipinski definition) is 2. The summed E-state index contributed by atoms with van der Waals surface area (Å²) in [6, 6.07) is 3.71. The predicted octanol–water partition coefficient (Wildman–Crippen LogP) is 2.76. The van der Waals surface area contributed by atoms with Gasteiger partial charge in [-0.3, -0.25) is 4.79 Å². The van der Waals surface area contributed by atoms with Crippen molar-refractivity contribution in [3.63, 3.8) is 0 Å². The largest absolute Gasteiger partial charge is 0.481 e. The van der Waals surface area contributed by atoms with Crippen molar-refractivity contribution < 1.29 is 19.1 Å². The Balaban J connectivity index is 2.05. The SMILES string of the molecule is CC1(C(=O)O)CCN(C(=O)Nc2ccc(F)cc2I)C1. The van der Waals surface area contributed by atoms with E-state index in [0.29, 0.717) is 22.2 Å². The molecule has 108 valence electrons. The predicted molar refractivity (Wildman–Crippen MR) is 80.1 cm³/mol. The van der Waals surface area contributed by atoms with E-state index in [1.165, 1.54) is 23.1 Å². The van der Waals surface area contributed by atoms with Crippen molar-refractivity contribution in [3.05, 3.63) is 27.6 Å². The number of halogens is 2. The highest BCUT2D eigenvalue weighted by molar-refractivity contribution is 14.1. The fraction of sp³-hybridized carbons (Fsp3) is 0.385. The molecule has 1 atom stereocenters. The number of carboxylic acid groups (broad SMARTS) is 1. The van der Waals surface area contributed by atoms with Crippen molar-refractivity contribution in [2.45, 2.75) is 13.3 Å². The number of carbonyl (C=O) groups excluding carboxylic acids is 1. The van der Waals surface area contributed by atoms with Crippen molar-refractivity contribution in [2.24, 2.45) is 5.41 Å². The number of carbonyl (C=O) groups is 2. The molecule has 7 heteroatoms. The molecule has 0 spiro atoms. The van der Waals surface area contributed by atoms with Gasteiger partial charge in [0.1, 0.15) is 5.82 Å². The standard InChI is InChI=1S/C13H14FIN2O3/c1-13(11(18)19)4-5-17(7-13)12(20)16-10-3-2-8(14)6-9(10)15/h2-3,6H,4-5,7H2,1H3,(H,16,20)(H,18,19). The molecule has 2 rings (SSSR count). The maximum Gasteiger partial charge on any atom is 0.321 e. The minimum absolute atomic E-state index is 0.173. The van der Waals surface area contributed by atoms with Gasteiger partial charge in [0.15, 0.2) is 0 Å². The van der Waals surface area contributed by atoms with Gasteiger partial charge in [0.2, 0.25) is 0 Å². The lowest BCUT2D eigenvalue weighted by atomic mass is 9.90. The highest BCUT2D eigenvalue weighted by atomic mass is 127. The van der Waals surface area contributed by atoms with E-state index < -0.39 is 11.4 Å². The Hall–Kier alpha value is -1.38. The van der Waals surface area contributed by atoms with Gasteiger partial charge in [-0.1, -0.05) is 0 Å². The second-order valence-corrected chi connectivity index (χ2v) is 6.25. The molecule has 5 nitrogen and oxygen atoms in total. The summed E-state index contributed by atoms with van der Waals surface area (Å²) < 4.78 is 13.6. The number of urea groups is 1. The molecule has 2 amide bonds. The van der Waals surface area contributed by atoms with E-state index in [0.717, 1.165) is 0 Å². The van der Waals surface area contributed by atoms with Gasteiger partial charge in [0.05, 0.1) is 11.1 Å². The summed E-state index contributed by atoms with van der Waals surface area (Å²) in [6.45, 7) is 2.20. The Kier molecular flexibility index (Phi) is 4.17. The van der Waals surface area contributed by atoms with Gasteiger partial charge in [0.25, 0.3) is 0 Å². The zero-order chi connectivity index (χ0) is 14.9. The maximum atomic E-state index is 13.0. The molecule has 2 N–H and O–H groups in total. The van der Waals surface area contributed by atoms with Crippen LogP contribution in [0, 0.1) is 14.8 Å². The van der Waals surface area contributed by atoms with E-state index >= 15 is 0 Å². The molecule has 1 fully saturated rings. The number of rotatable bonds is 2. The second kappa shape index (κ2) is 5.55. The molecule has 1 heterocycles. The monoisotopic (exact) mass is 392 g/mol. The zero-order valence-electron chi connectivity index (χ0n) is 10.8. The average molecular weight is 392 g/mol. The summed E-state index contributed by atoms with van der Waals surface area (Å²) in [6.07, 6.45) is 0.427. The molecule has 1 aromatic rings. The average Bonchev–Trinajstić information content (AvgIpc) is 2.77. The highest BCUT2D eigenvalue weighted by Crippen LogP contribution is 2.30. The quantitative estimate of drug-likeness (QED) is 0.761. The molecule has 1 aliphatic rings. The molecule has 1 unspecified atom stereocenters. The summed E-state index contributed by atoms with van der Waals surface area (Å²) in [7, 11) is 0. The first-order valence-corrected chi connectivity index (χ1v) is 7.14. The molecule has 0 radical (unpaired) electrons. The summed E-state index contributed by atoms with van der Waals surface area (Å²) in [5.74, 6) is -1.27. The normalized spacial score (nSPS) is 21.9. The number of benzene rings is 1. The zero-order valence-corrected chi connectivity index (χ0v) is 13.0. The number of nitrogens with zero attached hydrogens (tertiary/aromatic N) is 1. The van der Waals surface area contributed by atoms with Gasteiger partial charge in [-0.15, -0.1) is 0 Å². The van der Waals surface area contributed by atoms with Crippen LogP contribution in [-0.2, 0) is 4.79 Å².